The van der Waals surface area contributed by atoms with Crippen LogP contribution in [0.2, 0.25) is 0 Å². The van der Waals surface area contributed by atoms with Crippen LogP contribution < -0.4 is 4.90 Å². The SMILES string of the molecule is CC1C(c2ccccc2)=CC(N(c2ccccc2)c2cccc(-c3ccc4c(c3)C3(C)CC(c5ccc(-c6ccc7c(c6)sc6ccccc67)cc5)=CC=C3S4)n2)=CC1c1ccccc1. The molecule has 3 aliphatic rings. The Morgan fingerprint density at radius 3 is 2.09 bits per heavy atom. The molecule has 0 radical (unpaired) electrons. The summed E-state index contributed by atoms with van der Waals surface area (Å²) >= 11 is 3.79. The molecule has 65 heavy (non-hydrogen) atoms. The van der Waals surface area contributed by atoms with E-state index in [0.717, 1.165) is 34.9 Å². The van der Waals surface area contributed by atoms with Gasteiger partial charge in [0.2, 0.25) is 0 Å². The molecule has 0 N–H and O–H groups in total. The van der Waals surface area contributed by atoms with Gasteiger partial charge in [-0.2, -0.15) is 0 Å². The highest BCUT2D eigenvalue weighted by Gasteiger charge is 2.42. The summed E-state index contributed by atoms with van der Waals surface area (Å²) in [5, 5.41) is 2.68. The largest absolute Gasteiger partial charge is 0.295 e. The minimum atomic E-state index is -0.132. The van der Waals surface area contributed by atoms with Gasteiger partial charge in [-0.1, -0.05) is 189 Å². The van der Waals surface area contributed by atoms with Crippen molar-refractivity contribution in [2.75, 3.05) is 4.90 Å². The van der Waals surface area contributed by atoms with E-state index >= 15 is 0 Å². The maximum atomic E-state index is 5.51. The second kappa shape index (κ2) is 16.2. The molecule has 1 aliphatic heterocycles. The average molecular weight is 871 g/mol. The topological polar surface area (TPSA) is 16.1 Å². The molecule has 0 fully saturated rings. The Hall–Kier alpha value is -6.98. The van der Waals surface area contributed by atoms with E-state index in [2.05, 4.69) is 237 Å². The average Bonchev–Trinajstić information content (AvgIpc) is 3.89. The van der Waals surface area contributed by atoms with E-state index in [-0.39, 0.29) is 17.3 Å². The van der Waals surface area contributed by atoms with E-state index in [9.17, 15) is 0 Å². The van der Waals surface area contributed by atoms with Crippen LogP contribution in [-0.2, 0) is 5.41 Å². The number of anilines is 2. The fraction of sp³-hybridized carbons (Fsp3) is 0.0984. The van der Waals surface area contributed by atoms with E-state index in [1.165, 1.54) is 74.5 Å². The molecule has 7 aromatic carbocycles. The Bertz CT molecular complexity index is 3400. The lowest BCUT2D eigenvalue weighted by Crippen LogP contribution is -2.23. The zero-order valence-electron chi connectivity index (χ0n) is 36.4. The van der Waals surface area contributed by atoms with Crippen molar-refractivity contribution >= 4 is 65.9 Å². The Labute approximate surface area is 389 Å². The van der Waals surface area contributed by atoms with Crippen molar-refractivity contribution in [3.63, 3.8) is 0 Å². The van der Waals surface area contributed by atoms with Gasteiger partial charge in [-0.05, 0) is 111 Å². The number of benzene rings is 7. The number of rotatable bonds is 8. The first-order valence-electron chi connectivity index (χ1n) is 22.6. The molecule has 3 unspecified atom stereocenters. The first kappa shape index (κ1) is 39.6. The number of pyridine rings is 1. The molecule has 2 nitrogen and oxygen atoms in total. The summed E-state index contributed by atoms with van der Waals surface area (Å²) in [7, 11) is 0. The van der Waals surface area contributed by atoms with Gasteiger partial charge in [0.25, 0.3) is 0 Å². The third kappa shape index (κ3) is 7.09. The lowest BCUT2D eigenvalue weighted by molar-refractivity contribution is 0.598. The van der Waals surface area contributed by atoms with Crippen LogP contribution in [0, 0.1) is 5.92 Å². The number of para-hydroxylation sites is 1. The molecule has 4 heteroatoms. The monoisotopic (exact) mass is 870 g/mol. The second-order valence-electron chi connectivity index (χ2n) is 17.8. The van der Waals surface area contributed by atoms with E-state index in [4.69, 9.17) is 4.98 Å². The van der Waals surface area contributed by atoms with Crippen LogP contribution in [0.1, 0.15) is 48.4 Å². The fourth-order valence-corrected chi connectivity index (χ4v) is 12.8. The molecule has 12 rings (SSSR count). The van der Waals surface area contributed by atoms with E-state index in [0.29, 0.717) is 0 Å². The summed E-state index contributed by atoms with van der Waals surface area (Å²) < 4.78 is 2.68. The van der Waals surface area contributed by atoms with Crippen molar-refractivity contribution in [3.05, 3.63) is 251 Å². The summed E-state index contributed by atoms with van der Waals surface area (Å²) in [5.41, 5.74) is 14.6. The Morgan fingerprint density at radius 2 is 1.28 bits per heavy atom. The Kier molecular flexibility index (Phi) is 9.88. The Morgan fingerprint density at radius 1 is 0.585 bits per heavy atom. The molecule has 0 amide bonds. The van der Waals surface area contributed by atoms with E-state index in [1.807, 2.05) is 23.1 Å². The minimum absolute atomic E-state index is 0.132. The van der Waals surface area contributed by atoms with Gasteiger partial charge in [0.15, 0.2) is 0 Å². The standard InChI is InChI=1S/C61H46N2S2/c1-40-52(43-15-6-3-7-16-43)37-49(38-53(40)44-17-8-4-9-18-44)63(48-19-10-5-11-20-48)60-24-14-22-55(62-60)46-30-33-57-54(35-46)61(2)39-47(31-34-59(61)65-57)42-27-25-41(26-28-42)45-29-32-51-50-21-12-13-23-56(50)64-58(51)36-45/h3-38,40,52H,39H2,1-2H3. The third-order valence-electron chi connectivity index (χ3n) is 13.8. The quantitative estimate of drug-likeness (QED) is 0.151. The lowest BCUT2D eigenvalue weighted by atomic mass is 9.73. The number of hydrogen-bond donors (Lipinski definition) is 0. The van der Waals surface area contributed by atoms with Crippen molar-refractivity contribution in [2.45, 2.75) is 36.5 Å². The predicted molar refractivity (Wildman–Crippen MR) is 278 cm³/mol. The van der Waals surface area contributed by atoms with Crippen molar-refractivity contribution in [1.82, 2.24) is 4.98 Å². The lowest BCUT2D eigenvalue weighted by Gasteiger charge is -2.34. The zero-order chi connectivity index (χ0) is 43.5. The molecule has 2 aliphatic carbocycles. The summed E-state index contributed by atoms with van der Waals surface area (Å²) in [6.45, 7) is 4.79. The first-order chi connectivity index (χ1) is 32.0. The van der Waals surface area contributed by atoms with Gasteiger partial charge in [-0.3, -0.25) is 4.90 Å². The van der Waals surface area contributed by atoms with Crippen LogP contribution in [0.3, 0.4) is 0 Å². The number of thioether (sulfide) groups is 1. The second-order valence-corrected chi connectivity index (χ2v) is 19.9. The molecule has 0 spiro atoms. The summed E-state index contributed by atoms with van der Waals surface area (Å²) in [6.07, 6.45) is 10.5. The maximum Gasteiger partial charge on any atom is 0.138 e. The van der Waals surface area contributed by atoms with Gasteiger partial charge < -0.3 is 0 Å². The van der Waals surface area contributed by atoms with Gasteiger partial charge in [0.1, 0.15) is 5.82 Å². The summed E-state index contributed by atoms with van der Waals surface area (Å²) in [4.78, 5) is 10.6. The van der Waals surface area contributed by atoms with Crippen LogP contribution in [0.5, 0.6) is 0 Å². The van der Waals surface area contributed by atoms with Crippen LogP contribution in [0.25, 0.3) is 53.7 Å². The summed E-state index contributed by atoms with van der Waals surface area (Å²) in [6, 6.07) is 70.8. The number of aromatic nitrogens is 1. The van der Waals surface area contributed by atoms with Crippen LogP contribution in [0.15, 0.2) is 234 Å². The molecule has 3 heterocycles. The number of thiophene rings is 1. The molecular formula is C61H46N2S2. The zero-order valence-corrected chi connectivity index (χ0v) is 38.0. The Balaban J connectivity index is 0.865. The minimum Gasteiger partial charge on any atom is -0.295 e. The van der Waals surface area contributed by atoms with Crippen molar-refractivity contribution in [3.8, 4) is 22.4 Å². The smallest absolute Gasteiger partial charge is 0.138 e. The molecule has 0 saturated carbocycles. The summed E-state index contributed by atoms with van der Waals surface area (Å²) in [5.74, 6) is 1.36. The fourth-order valence-electron chi connectivity index (χ4n) is 10.3. The third-order valence-corrected chi connectivity index (χ3v) is 16.3. The van der Waals surface area contributed by atoms with Crippen molar-refractivity contribution in [2.24, 2.45) is 5.92 Å². The normalized spacial score (nSPS) is 18.9. The van der Waals surface area contributed by atoms with Gasteiger partial charge in [0, 0.05) is 58.3 Å². The van der Waals surface area contributed by atoms with Gasteiger partial charge in [-0.25, -0.2) is 4.98 Å². The maximum absolute atomic E-state index is 5.51. The molecule has 3 atom stereocenters. The van der Waals surface area contributed by atoms with Crippen molar-refractivity contribution < 1.29 is 0 Å². The van der Waals surface area contributed by atoms with Crippen LogP contribution >= 0.6 is 23.1 Å². The molecule has 0 bridgehead atoms. The number of fused-ring (bicyclic) bond motifs is 6. The van der Waals surface area contributed by atoms with Crippen molar-refractivity contribution in [1.29, 1.82) is 0 Å². The van der Waals surface area contributed by atoms with Gasteiger partial charge in [-0.15, -0.1) is 11.3 Å². The molecule has 2 aromatic heterocycles. The number of hydrogen-bond acceptors (Lipinski definition) is 4. The number of nitrogens with zero attached hydrogens (tertiary/aromatic N) is 2. The highest BCUT2D eigenvalue weighted by atomic mass is 32.2. The van der Waals surface area contributed by atoms with Gasteiger partial charge in [0.05, 0.1) is 5.69 Å². The van der Waals surface area contributed by atoms with E-state index in [1.54, 1.807) is 0 Å². The number of allylic oxidation sites excluding steroid dienone is 7. The molecule has 9 aromatic rings. The molecule has 312 valence electrons. The molecule has 0 saturated heterocycles. The van der Waals surface area contributed by atoms with Crippen LogP contribution in [-0.4, -0.2) is 4.98 Å². The van der Waals surface area contributed by atoms with Crippen LogP contribution in [0.4, 0.5) is 11.5 Å². The van der Waals surface area contributed by atoms with E-state index < -0.39 is 0 Å². The molecular weight excluding hydrogens is 825 g/mol. The van der Waals surface area contributed by atoms with Gasteiger partial charge >= 0.3 is 0 Å². The highest BCUT2D eigenvalue weighted by Crippen LogP contribution is 2.58. The highest BCUT2D eigenvalue weighted by molar-refractivity contribution is 8.03. The predicted octanol–water partition coefficient (Wildman–Crippen LogP) is 17.1. The first-order valence-corrected chi connectivity index (χ1v) is 24.2.